The van der Waals surface area contributed by atoms with E-state index in [4.69, 9.17) is 0 Å². The third-order valence-electron chi connectivity index (χ3n) is 4.57. The van der Waals surface area contributed by atoms with Crippen LogP contribution in [0.4, 0.5) is 0 Å². The zero-order valence-corrected chi connectivity index (χ0v) is 15.5. The molecule has 0 radical (unpaired) electrons. The number of aryl methyl sites for hydroxylation is 2. The summed E-state index contributed by atoms with van der Waals surface area (Å²) in [6.07, 6.45) is 4.01. The van der Waals surface area contributed by atoms with Gasteiger partial charge in [0.15, 0.2) is 0 Å². The Morgan fingerprint density at radius 3 is 2.65 bits per heavy atom. The van der Waals surface area contributed by atoms with Crippen LogP contribution in [0.2, 0.25) is 0 Å². The number of hydrogen-bond donors (Lipinski definition) is 1. The molecule has 1 aliphatic rings. The van der Waals surface area contributed by atoms with Crippen molar-refractivity contribution >= 4 is 17.7 Å². The zero-order chi connectivity index (χ0) is 16.7. The Labute approximate surface area is 145 Å². The van der Waals surface area contributed by atoms with Gasteiger partial charge in [0, 0.05) is 36.2 Å². The lowest BCUT2D eigenvalue weighted by Gasteiger charge is -2.32. The minimum Gasteiger partial charge on any atom is -0.353 e. The number of carbonyl (C=O) groups excluding carboxylic acids is 1. The van der Waals surface area contributed by atoms with Crippen molar-refractivity contribution in [3.05, 3.63) is 29.3 Å². The van der Waals surface area contributed by atoms with Gasteiger partial charge in [0.2, 0.25) is 5.91 Å². The molecule has 128 valence electrons. The van der Waals surface area contributed by atoms with Crippen molar-refractivity contribution in [1.29, 1.82) is 0 Å². The molecule has 0 unspecified atom stereocenters. The highest BCUT2D eigenvalue weighted by Crippen LogP contribution is 2.21. The maximum atomic E-state index is 12.1. The molecule has 1 saturated heterocycles. The summed E-state index contributed by atoms with van der Waals surface area (Å²) in [4.78, 5) is 15.8. The summed E-state index contributed by atoms with van der Waals surface area (Å²) in [6.45, 7) is 9.92. The SMILES string of the molecule is CCCN1CCC(NC(=O)CCSc2ccc(C)c(C)c2)CC1. The fourth-order valence-corrected chi connectivity index (χ4v) is 3.93. The second kappa shape index (κ2) is 9.33. The summed E-state index contributed by atoms with van der Waals surface area (Å²) < 4.78 is 0. The van der Waals surface area contributed by atoms with Gasteiger partial charge in [0.25, 0.3) is 0 Å². The predicted molar refractivity (Wildman–Crippen MR) is 99.2 cm³/mol. The molecular weight excluding hydrogens is 304 g/mol. The lowest BCUT2D eigenvalue weighted by atomic mass is 10.0. The van der Waals surface area contributed by atoms with Crippen molar-refractivity contribution in [3.63, 3.8) is 0 Å². The van der Waals surface area contributed by atoms with E-state index in [1.807, 2.05) is 0 Å². The molecule has 1 N–H and O–H groups in total. The highest BCUT2D eigenvalue weighted by Gasteiger charge is 2.19. The van der Waals surface area contributed by atoms with Crippen molar-refractivity contribution < 1.29 is 4.79 Å². The molecular formula is C19H30N2OS. The van der Waals surface area contributed by atoms with Crippen molar-refractivity contribution in [2.45, 2.75) is 57.4 Å². The van der Waals surface area contributed by atoms with Crippen LogP contribution < -0.4 is 5.32 Å². The van der Waals surface area contributed by atoms with Gasteiger partial charge in [-0.1, -0.05) is 13.0 Å². The van der Waals surface area contributed by atoms with Crippen molar-refractivity contribution in [3.8, 4) is 0 Å². The van der Waals surface area contributed by atoms with Crippen LogP contribution in [0.3, 0.4) is 0 Å². The molecule has 0 bridgehead atoms. The van der Waals surface area contributed by atoms with Crippen LogP contribution in [0.5, 0.6) is 0 Å². The Morgan fingerprint density at radius 2 is 2.00 bits per heavy atom. The van der Waals surface area contributed by atoms with Gasteiger partial charge >= 0.3 is 0 Å². The van der Waals surface area contributed by atoms with Crippen molar-refractivity contribution in [2.75, 3.05) is 25.4 Å². The van der Waals surface area contributed by atoms with Crippen LogP contribution in [-0.2, 0) is 4.79 Å². The normalized spacial score (nSPS) is 16.5. The Kier molecular flexibility index (Phi) is 7.44. The minimum absolute atomic E-state index is 0.204. The van der Waals surface area contributed by atoms with Crippen LogP contribution in [0.1, 0.15) is 43.7 Å². The third kappa shape index (κ3) is 6.19. The summed E-state index contributed by atoms with van der Waals surface area (Å²) in [6, 6.07) is 6.89. The predicted octanol–water partition coefficient (Wildman–Crippen LogP) is 3.78. The average molecular weight is 335 g/mol. The van der Waals surface area contributed by atoms with Gasteiger partial charge in [-0.25, -0.2) is 0 Å². The van der Waals surface area contributed by atoms with Gasteiger partial charge in [-0.3, -0.25) is 4.79 Å². The van der Waals surface area contributed by atoms with Gasteiger partial charge in [0.1, 0.15) is 0 Å². The first-order valence-electron chi connectivity index (χ1n) is 8.80. The molecule has 0 aliphatic carbocycles. The quantitative estimate of drug-likeness (QED) is 0.770. The molecule has 3 nitrogen and oxygen atoms in total. The maximum absolute atomic E-state index is 12.1. The average Bonchev–Trinajstić information content (AvgIpc) is 2.53. The van der Waals surface area contributed by atoms with Crippen LogP contribution in [0, 0.1) is 13.8 Å². The lowest BCUT2D eigenvalue weighted by Crippen LogP contribution is -2.44. The summed E-state index contributed by atoms with van der Waals surface area (Å²) in [5.74, 6) is 1.05. The monoisotopic (exact) mass is 334 g/mol. The Bertz CT molecular complexity index is 510. The summed E-state index contributed by atoms with van der Waals surface area (Å²) in [5.41, 5.74) is 2.64. The van der Waals surface area contributed by atoms with E-state index in [2.05, 4.69) is 49.2 Å². The highest BCUT2D eigenvalue weighted by molar-refractivity contribution is 7.99. The molecule has 1 amide bonds. The number of likely N-dealkylation sites (tertiary alicyclic amines) is 1. The zero-order valence-electron chi connectivity index (χ0n) is 14.7. The Morgan fingerprint density at radius 1 is 1.26 bits per heavy atom. The second-order valence-electron chi connectivity index (χ2n) is 6.53. The first-order chi connectivity index (χ1) is 11.1. The third-order valence-corrected chi connectivity index (χ3v) is 5.56. The standard InChI is InChI=1S/C19H30N2OS/c1-4-10-21-11-7-17(8-12-21)20-19(22)9-13-23-18-6-5-15(2)16(3)14-18/h5-6,14,17H,4,7-13H2,1-3H3,(H,20,22). The molecule has 23 heavy (non-hydrogen) atoms. The van der Waals surface area contributed by atoms with E-state index in [1.165, 1.54) is 29.0 Å². The summed E-state index contributed by atoms with van der Waals surface area (Å²) in [7, 11) is 0. The van der Waals surface area contributed by atoms with Gasteiger partial charge in [-0.2, -0.15) is 0 Å². The van der Waals surface area contributed by atoms with Gasteiger partial charge in [0.05, 0.1) is 0 Å². The lowest BCUT2D eigenvalue weighted by molar-refractivity contribution is -0.121. The number of hydrogen-bond acceptors (Lipinski definition) is 3. The maximum Gasteiger partial charge on any atom is 0.221 e. The largest absolute Gasteiger partial charge is 0.353 e. The van der Waals surface area contributed by atoms with Crippen LogP contribution in [-0.4, -0.2) is 42.2 Å². The van der Waals surface area contributed by atoms with Crippen LogP contribution in [0.15, 0.2) is 23.1 Å². The fourth-order valence-electron chi connectivity index (χ4n) is 2.98. The molecule has 0 atom stereocenters. The van der Waals surface area contributed by atoms with E-state index in [0.717, 1.165) is 31.7 Å². The molecule has 1 heterocycles. The molecule has 0 saturated carbocycles. The molecule has 1 fully saturated rings. The number of piperidine rings is 1. The molecule has 4 heteroatoms. The summed E-state index contributed by atoms with van der Waals surface area (Å²) in [5, 5.41) is 3.21. The van der Waals surface area contributed by atoms with E-state index >= 15 is 0 Å². The molecule has 1 aromatic rings. The molecule has 1 aliphatic heterocycles. The fraction of sp³-hybridized carbons (Fsp3) is 0.632. The van der Waals surface area contributed by atoms with Crippen LogP contribution >= 0.6 is 11.8 Å². The van der Waals surface area contributed by atoms with Crippen LogP contribution in [0.25, 0.3) is 0 Å². The van der Waals surface area contributed by atoms with E-state index in [9.17, 15) is 4.79 Å². The van der Waals surface area contributed by atoms with Gasteiger partial charge < -0.3 is 10.2 Å². The number of amides is 1. The van der Waals surface area contributed by atoms with E-state index in [1.54, 1.807) is 11.8 Å². The number of benzene rings is 1. The van der Waals surface area contributed by atoms with Crippen molar-refractivity contribution in [2.24, 2.45) is 0 Å². The molecule has 0 aromatic heterocycles. The first kappa shape index (κ1) is 18.3. The second-order valence-corrected chi connectivity index (χ2v) is 7.70. The highest BCUT2D eigenvalue weighted by atomic mass is 32.2. The smallest absolute Gasteiger partial charge is 0.221 e. The first-order valence-corrected chi connectivity index (χ1v) is 9.79. The Balaban J connectivity index is 1.64. The van der Waals surface area contributed by atoms with Gasteiger partial charge in [-0.15, -0.1) is 11.8 Å². The number of nitrogens with one attached hydrogen (secondary N) is 1. The van der Waals surface area contributed by atoms with E-state index in [-0.39, 0.29) is 5.91 Å². The minimum atomic E-state index is 0.204. The number of nitrogens with zero attached hydrogens (tertiary/aromatic N) is 1. The molecule has 1 aromatic carbocycles. The summed E-state index contributed by atoms with van der Waals surface area (Å²) >= 11 is 1.77. The van der Waals surface area contributed by atoms with E-state index in [0.29, 0.717) is 12.5 Å². The molecule has 2 rings (SSSR count). The Hall–Kier alpha value is -1.00. The van der Waals surface area contributed by atoms with Gasteiger partial charge in [-0.05, 0) is 62.9 Å². The van der Waals surface area contributed by atoms with E-state index < -0.39 is 0 Å². The molecule has 0 spiro atoms. The number of thioether (sulfide) groups is 1. The topological polar surface area (TPSA) is 32.3 Å². The number of rotatable bonds is 7. The van der Waals surface area contributed by atoms with Crippen molar-refractivity contribution in [1.82, 2.24) is 10.2 Å². The number of carbonyl (C=O) groups is 1.